The summed E-state index contributed by atoms with van der Waals surface area (Å²) in [6.45, 7) is 4.30. The Morgan fingerprint density at radius 3 is 2.91 bits per heavy atom. The summed E-state index contributed by atoms with van der Waals surface area (Å²) in [5.74, 6) is 7.37. The number of rotatable bonds is 1. The summed E-state index contributed by atoms with van der Waals surface area (Å²) in [5, 5.41) is 0. The molecule has 0 spiro atoms. The van der Waals surface area contributed by atoms with Gasteiger partial charge in [0.15, 0.2) is 5.76 Å². The van der Waals surface area contributed by atoms with Crippen molar-refractivity contribution in [3.8, 4) is 11.8 Å². The van der Waals surface area contributed by atoms with Crippen LogP contribution in [0.2, 0.25) is 0 Å². The lowest BCUT2D eigenvalue weighted by atomic mass is 10.1. The predicted octanol–water partition coefficient (Wildman–Crippen LogP) is 2.68. The molecular weight excluding hydrogens is 136 g/mol. The van der Waals surface area contributed by atoms with Gasteiger partial charge in [0.1, 0.15) is 0 Å². The van der Waals surface area contributed by atoms with Crippen molar-refractivity contribution in [2.24, 2.45) is 5.92 Å². The Hall–Kier alpha value is -1.16. The van der Waals surface area contributed by atoms with Gasteiger partial charge in [-0.3, -0.25) is 0 Å². The zero-order valence-corrected chi connectivity index (χ0v) is 6.92. The average molecular weight is 148 g/mol. The highest BCUT2D eigenvalue weighted by Crippen LogP contribution is 1.99. The van der Waals surface area contributed by atoms with Gasteiger partial charge in [0.25, 0.3) is 0 Å². The van der Waals surface area contributed by atoms with Crippen LogP contribution < -0.4 is 0 Å². The Labute approximate surface area is 67.4 Å². The second-order valence-electron chi connectivity index (χ2n) is 2.88. The molecular formula is C10H12O. The molecule has 1 rings (SSSR count). The molecule has 11 heavy (non-hydrogen) atoms. The molecule has 0 bridgehead atoms. The third kappa shape index (κ3) is 2.95. The van der Waals surface area contributed by atoms with E-state index in [-0.39, 0.29) is 0 Å². The van der Waals surface area contributed by atoms with Crippen molar-refractivity contribution >= 4 is 0 Å². The van der Waals surface area contributed by atoms with Gasteiger partial charge >= 0.3 is 0 Å². The maximum atomic E-state index is 5.04. The maximum Gasteiger partial charge on any atom is 0.176 e. The molecule has 0 saturated heterocycles. The first-order chi connectivity index (χ1) is 5.29. The fraction of sp³-hybridized carbons (Fsp3) is 0.400. The first kappa shape index (κ1) is 7.94. The molecule has 0 aliphatic carbocycles. The highest BCUT2D eigenvalue weighted by Gasteiger charge is 1.88. The molecule has 0 amide bonds. The van der Waals surface area contributed by atoms with Crippen LogP contribution in [0.1, 0.15) is 26.0 Å². The highest BCUT2D eigenvalue weighted by atomic mass is 16.3. The SMILES string of the molecule is CC(C)CC#Cc1ccco1. The van der Waals surface area contributed by atoms with E-state index in [0.717, 1.165) is 12.2 Å². The first-order valence-electron chi connectivity index (χ1n) is 3.81. The van der Waals surface area contributed by atoms with Crippen LogP contribution >= 0.6 is 0 Å². The molecule has 1 heteroatoms. The van der Waals surface area contributed by atoms with E-state index in [1.807, 2.05) is 12.1 Å². The number of furan rings is 1. The van der Waals surface area contributed by atoms with Crippen molar-refractivity contribution in [2.45, 2.75) is 20.3 Å². The Kier molecular flexibility index (Phi) is 2.80. The van der Waals surface area contributed by atoms with E-state index < -0.39 is 0 Å². The molecule has 0 atom stereocenters. The average Bonchev–Trinajstić information content (AvgIpc) is 2.39. The van der Waals surface area contributed by atoms with Crippen LogP contribution in [0.15, 0.2) is 22.8 Å². The third-order valence-electron chi connectivity index (χ3n) is 1.24. The molecule has 58 valence electrons. The quantitative estimate of drug-likeness (QED) is 0.558. The van der Waals surface area contributed by atoms with E-state index in [2.05, 4.69) is 25.7 Å². The van der Waals surface area contributed by atoms with E-state index in [1.165, 1.54) is 0 Å². The van der Waals surface area contributed by atoms with Gasteiger partial charge in [-0.2, -0.15) is 0 Å². The summed E-state index contributed by atoms with van der Waals surface area (Å²) in [6.07, 6.45) is 2.57. The molecule has 0 unspecified atom stereocenters. The van der Waals surface area contributed by atoms with Crippen LogP contribution in [-0.2, 0) is 0 Å². The lowest BCUT2D eigenvalue weighted by Gasteiger charge is -1.91. The summed E-state index contributed by atoms with van der Waals surface area (Å²) >= 11 is 0. The molecule has 1 aromatic rings. The van der Waals surface area contributed by atoms with Crippen LogP contribution in [0.25, 0.3) is 0 Å². The van der Waals surface area contributed by atoms with Crippen molar-refractivity contribution < 1.29 is 4.42 Å². The second-order valence-corrected chi connectivity index (χ2v) is 2.88. The molecule has 0 saturated carbocycles. The molecule has 1 heterocycles. The minimum absolute atomic E-state index is 0.637. The van der Waals surface area contributed by atoms with Crippen molar-refractivity contribution in [1.82, 2.24) is 0 Å². The van der Waals surface area contributed by atoms with Crippen molar-refractivity contribution in [3.05, 3.63) is 24.2 Å². The van der Waals surface area contributed by atoms with Crippen molar-refractivity contribution in [3.63, 3.8) is 0 Å². The molecule has 1 aromatic heterocycles. The molecule has 1 nitrogen and oxygen atoms in total. The normalized spacial score (nSPS) is 9.36. The third-order valence-corrected chi connectivity index (χ3v) is 1.24. The van der Waals surface area contributed by atoms with Gasteiger partial charge in [-0.05, 0) is 24.0 Å². The Morgan fingerprint density at radius 2 is 2.36 bits per heavy atom. The fourth-order valence-electron chi connectivity index (χ4n) is 0.692. The van der Waals surface area contributed by atoms with Crippen LogP contribution in [0, 0.1) is 17.8 Å². The van der Waals surface area contributed by atoms with Gasteiger partial charge in [-0.25, -0.2) is 0 Å². The van der Waals surface area contributed by atoms with Gasteiger partial charge in [0.05, 0.1) is 6.26 Å². The largest absolute Gasteiger partial charge is 0.456 e. The first-order valence-corrected chi connectivity index (χ1v) is 3.81. The smallest absolute Gasteiger partial charge is 0.176 e. The lowest BCUT2D eigenvalue weighted by molar-refractivity contribution is 0.554. The summed E-state index contributed by atoms with van der Waals surface area (Å²) < 4.78 is 5.04. The van der Waals surface area contributed by atoms with Gasteiger partial charge in [0, 0.05) is 6.42 Å². The van der Waals surface area contributed by atoms with E-state index >= 15 is 0 Å². The minimum atomic E-state index is 0.637. The molecule has 0 aliphatic rings. The van der Waals surface area contributed by atoms with Crippen LogP contribution in [0.4, 0.5) is 0 Å². The Balaban J connectivity index is 2.46. The van der Waals surface area contributed by atoms with E-state index in [0.29, 0.717) is 5.92 Å². The van der Waals surface area contributed by atoms with Gasteiger partial charge in [-0.15, -0.1) is 0 Å². The molecule has 0 radical (unpaired) electrons. The molecule has 0 fully saturated rings. The van der Waals surface area contributed by atoms with Gasteiger partial charge in [0.2, 0.25) is 0 Å². The molecule has 0 aliphatic heterocycles. The topological polar surface area (TPSA) is 13.1 Å². The predicted molar refractivity (Wildman–Crippen MR) is 45.0 cm³/mol. The van der Waals surface area contributed by atoms with E-state index in [1.54, 1.807) is 6.26 Å². The second kappa shape index (κ2) is 3.88. The highest BCUT2D eigenvalue weighted by molar-refractivity contribution is 5.23. The lowest BCUT2D eigenvalue weighted by Crippen LogP contribution is -1.81. The Bertz CT molecular complexity index is 246. The molecule has 0 aromatic carbocycles. The van der Waals surface area contributed by atoms with Gasteiger partial charge in [-0.1, -0.05) is 19.8 Å². The van der Waals surface area contributed by atoms with Crippen LogP contribution in [0.5, 0.6) is 0 Å². The van der Waals surface area contributed by atoms with Crippen molar-refractivity contribution in [1.29, 1.82) is 0 Å². The Morgan fingerprint density at radius 1 is 1.55 bits per heavy atom. The van der Waals surface area contributed by atoms with Gasteiger partial charge < -0.3 is 4.42 Å². The summed E-state index contributed by atoms with van der Waals surface area (Å²) in [7, 11) is 0. The number of hydrogen-bond donors (Lipinski definition) is 0. The van der Waals surface area contributed by atoms with Crippen LogP contribution in [-0.4, -0.2) is 0 Å². The fourth-order valence-corrected chi connectivity index (χ4v) is 0.692. The van der Waals surface area contributed by atoms with Crippen molar-refractivity contribution in [2.75, 3.05) is 0 Å². The monoisotopic (exact) mass is 148 g/mol. The number of hydrogen-bond acceptors (Lipinski definition) is 1. The maximum absolute atomic E-state index is 5.04. The van der Waals surface area contributed by atoms with E-state index in [9.17, 15) is 0 Å². The summed E-state index contributed by atoms with van der Waals surface area (Å²) in [6, 6.07) is 3.71. The summed E-state index contributed by atoms with van der Waals surface area (Å²) in [5.41, 5.74) is 0. The summed E-state index contributed by atoms with van der Waals surface area (Å²) in [4.78, 5) is 0. The van der Waals surface area contributed by atoms with E-state index in [4.69, 9.17) is 4.42 Å². The zero-order valence-electron chi connectivity index (χ0n) is 6.92. The standard InChI is InChI=1S/C10H12O/c1-9(2)5-3-6-10-7-4-8-11-10/h4,7-9H,5H2,1-2H3. The molecule has 0 N–H and O–H groups in total. The zero-order chi connectivity index (χ0) is 8.10. The minimum Gasteiger partial charge on any atom is -0.456 e. The van der Waals surface area contributed by atoms with Crippen LogP contribution in [0.3, 0.4) is 0 Å².